The van der Waals surface area contributed by atoms with E-state index in [9.17, 15) is 9.59 Å². The minimum Gasteiger partial charge on any atom is -0.472 e. The highest BCUT2D eigenvalue weighted by Crippen LogP contribution is 2.18. The molecule has 4 nitrogen and oxygen atoms in total. The van der Waals surface area contributed by atoms with Crippen LogP contribution in [0, 0.1) is 11.8 Å². The zero-order valence-electron chi connectivity index (χ0n) is 8.68. The molecule has 0 saturated carbocycles. The molecule has 0 spiro atoms. The third kappa shape index (κ3) is 2.13. The number of aliphatic carboxylic acids is 1. The van der Waals surface area contributed by atoms with E-state index in [-0.39, 0.29) is 0 Å². The number of aromatic nitrogens is 1. The van der Waals surface area contributed by atoms with Gasteiger partial charge in [-0.25, -0.2) is 4.79 Å². The number of carboxylic acid groups (broad SMARTS) is 1. The second kappa shape index (κ2) is 4.45. The fourth-order valence-corrected chi connectivity index (χ4v) is 1.52. The largest absolute Gasteiger partial charge is 0.472 e. The van der Waals surface area contributed by atoms with E-state index in [1.165, 1.54) is 6.20 Å². The van der Waals surface area contributed by atoms with Gasteiger partial charge in [-0.15, -0.1) is 0 Å². The average Bonchev–Trinajstić information content (AvgIpc) is 2.35. The molecule has 0 unspecified atom stereocenters. The molecule has 1 aromatic heterocycles. The molecule has 0 atom stereocenters. The van der Waals surface area contributed by atoms with Gasteiger partial charge in [-0.3, -0.25) is 9.78 Å². The maximum absolute atomic E-state index is 10.8. The second-order valence-electron chi connectivity index (χ2n) is 3.27. The van der Waals surface area contributed by atoms with Crippen molar-refractivity contribution in [2.24, 2.45) is 0 Å². The number of para-hydroxylation sites is 1. The number of carbonyl (C=O) groups is 2. The quantitative estimate of drug-likeness (QED) is 0.589. The Hall–Kier alpha value is -2.67. The molecule has 0 amide bonds. The van der Waals surface area contributed by atoms with E-state index in [2.05, 4.69) is 10.9 Å². The Morgan fingerprint density at radius 1 is 1.35 bits per heavy atom. The lowest BCUT2D eigenvalue weighted by atomic mass is 10.1. The number of pyridine rings is 1. The lowest BCUT2D eigenvalue weighted by Gasteiger charge is -2.01. The van der Waals surface area contributed by atoms with Crippen LogP contribution in [0.2, 0.25) is 0 Å². The van der Waals surface area contributed by atoms with Crippen molar-refractivity contribution in [2.45, 2.75) is 0 Å². The first-order chi connectivity index (χ1) is 8.22. The predicted octanol–water partition coefficient (Wildman–Crippen LogP) is 1.48. The molecule has 1 N–H and O–H groups in total. The van der Waals surface area contributed by atoms with Crippen molar-refractivity contribution in [1.82, 2.24) is 4.98 Å². The van der Waals surface area contributed by atoms with Gasteiger partial charge in [0.05, 0.1) is 11.1 Å². The molecule has 0 bridgehead atoms. The van der Waals surface area contributed by atoms with Crippen molar-refractivity contribution in [1.29, 1.82) is 0 Å². The van der Waals surface area contributed by atoms with Gasteiger partial charge in [-0.1, -0.05) is 18.1 Å². The Bertz CT molecular complexity index is 665. The standard InChI is InChI=1S/C13H7NO3/c15-8-10-6-7-14-13-9(4-5-12(16)17)2-1-3-11(10)13/h1-3,6-8H,(H,16,17). The van der Waals surface area contributed by atoms with E-state index in [1.54, 1.807) is 24.3 Å². The number of fused-ring (bicyclic) bond motifs is 1. The molecule has 0 aliphatic carbocycles. The average molecular weight is 225 g/mol. The summed E-state index contributed by atoms with van der Waals surface area (Å²) in [6.45, 7) is 0. The molecule has 2 aromatic rings. The van der Waals surface area contributed by atoms with Crippen LogP contribution in [0.3, 0.4) is 0 Å². The van der Waals surface area contributed by atoms with Crippen molar-refractivity contribution < 1.29 is 14.7 Å². The summed E-state index contributed by atoms with van der Waals surface area (Å²) in [6.07, 6.45) is 2.23. The van der Waals surface area contributed by atoms with Crippen LogP contribution in [0.5, 0.6) is 0 Å². The van der Waals surface area contributed by atoms with Gasteiger partial charge < -0.3 is 5.11 Å². The van der Waals surface area contributed by atoms with Gasteiger partial charge in [0.1, 0.15) is 0 Å². The summed E-state index contributed by atoms with van der Waals surface area (Å²) in [5.41, 5.74) is 1.54. The molecule has 82 valence electrons. The first kappa shape index (κ1) is 10.8. The molecule has 0 saturated heterocycles. The van der Waals surface area contributed by atoms with Crippen molar-refractivity contribution in [3.8, 4) is 11.8 Å². The van der Waals surface area contributed by atoms with Gasteiger partial charge in [0.15, 0.2) is 6.29 Å². The number of carbonyl (C=O) groups excluding carboxylic acids is 1. The van der Waals surface area contributed by atoms with E-state index < -0.39 is 5.97 Å². The first-order valence-corrected chi connectivity index (χ1v) is 4.80. The molecule has 17 heavy (non-hydrogen) atoms. The highest BCUT2D eigenvalue weighted by Gasteiger charge is 2.03. The van der Waals surface area contributed by atoms with Crippen molar-refractivity contribution in [3.05, 3.63) is 41.6 Å². The van der Waals surface area contributed by atoms with Crippen LogP contribution in [0.4, 0.5) is 0 Å². The number of rotatable bonds is 1. The number of hydrogen-bond acceptors (Lipinski definition) is 3. The van der Waals surface area contributed by atoms with Crippen LogP contribution in [0.25, 0.3) is 10.9 Å². The second-order valence-corrected chi connectivity index (χ2v) is 3.27. The van der Waals surface area contributed by atoms with Gasteiger partial charge in [0.25, 0.3) is 0 Å². The highest BCUT2D eigenvalue weighted by molar-refractivity contribution is 5.98. The molecule has 0 fully saturated rings. The monoisotopic (exact) mass is 225 g/mol. The molecule has 4 heteroatoms. The summed E-state index contributed by atoms with van der Waals surface area (Å²) >= 11 is 0. The molecule has 0 aliphatic heterocycles. The SMILES string of the molecule is O=Cc1ccnc2c(C#CC(=O)O)cccc12. The maximum Gasteiger partial charge on any atom is 0.382 e. The van der Waals surface area contributed by atoms with E-state index in [1.807, 2.05) is 5.92 Å². The normalized spacial score (nSPS) is 9.41. The minimum absolute atomic E-state index is 0.494. The Morgan fingerprint density at radius 2 is 2.18 bits per heavy atom. The third-order valence-corrected chi connectivity index (χ3v) is 2.24. The zero-order chi connectivity index (χ0) is 12.3. The van der Waals surface area contributed by atoms with Crippen molar-refractivity contribution in [3.63, 3.8) is 0 Å². The molecular weight excluding hydrogens is 218 g/mol. The summed E-state index contributed by atoms with van der Waals surface area (Å²) in [7, 11) is 0. The summed E-state index contributed by atoms with van der Waals surface area (Å²) in [6, 6.07) is 6.73. The molecule has 1 aromatic carbocycles. The van der Waals surface area contributed by atoms with Gasteiger partial charge in [-0.2, -0.15) is 0 Å². The lowest BCUT2D eigenvalue weighted by Crippen LogP contribution is -1.91. The summed E-state index contributed by atoms with van der Waals surface area (Å²) < 4.78 is 0. The van der Waals surface area contributed by atoms with Crippen LogP contribution in [-0.4, -0.2) is 22.3 Å². The van der Waals surface area contributed by atoms with Crippen molar-refractivity contribution >= 4 is 23.2 Å². The lowest BCUT2D eigenvalue weighted by molar-refractivity contribution is -0.130. The van der Waals surface area contributed by atoms with Gasteiger partial charge in [0.2, 0.25) is 0 Å². The van der Waals surface area contributed by atoms with Crippen LogP contribution in [0.15, 0.2) is 30.5 Å². The van der Waals surface area contributed by atoms with Crippen LogP contribution in [-0.2, 0) is 4.79 Å². The summed E-state index contributed by atoms with van der Waals surface area (Å²) in [5, 5.41) is 9.16. The Kier molecular flexibility index (Phi) is 2.84. The van der Waals surface area contributed by atoms with Crippen LogP contribution < -0.4 is 0 Å². The van der Waals surface area contributed by atoms with Crippen LogP contribution in [0.1, 0.15) is 15.9 Å². The minimum atomic E-state index is -1.20. The fraction of sp³-hybridized carbons (Fsp3) is 0. The van der Waals surface area contributed by atoms with E-state index in [4.69, 9.17) is 5.11 Å². The number of benzene rings is 1. The summed E-state index contributed by atoms with van der Waals surface area (Å²) in [4.78, 5) is 25.3. The number of carboxylic acids is 1. The Labute approximate surface area is 96.9 Å². The topological polar surface area (TPSA) is 67.3 Å². The van der Waals surface area contributed by atoms with Crippen LogP contribution >= 0.6 is 0 Å². The number of nitrogens with zero attached hydrogens (tertiary/aromatic N) is 1. The van der Waals surface area contributed by atoms with Gasteiger partial charge in [0, 0.05) is 23.1 Å². The fourth-order valence-electron chi connectivity index (χ4n) is 1.52. The third-order valence-electron chi connectivity index (χ3n) is 2.24. The maximum atomic E-state index is 10.8. The molecule has 1 heterocycles. The van der Waals surface area contributed by atoms with Gasteiger partial charge in [-0.05, 0) is 12.1 Å². The van der Waals surface area contributed by atoms with E-state index in [0.717, 1.165) is 6.29 Å². The molecule has 0 radical (unpaired) electrons. The smallest absolute Gasteiger partial charge is 0.382 e. The zero-order valence-corrected chi connectivity index (χ0v) is 8.68. The number of aldehydes is 1. The predicted molar refractivity (Wildman–Crippen MR) is 61.6 cm³/mol. The van der Waals surface area contributed by atoms with E-state index in [0.29, 0.717) is 22.0 Å². The molecule has 0 aliphatic rings. The number of hydrogen-bond donors (Lipinski definition) is 1. The highest BCUT2D eigenvalue weighted by atomic mass is 16.4. The van der Waals surface area contributed by atoms with E-state index >= 15 is 0 Å². The summed E-state index contributed by atoms with van der Waals surface area (Å²) in [5.74, 6) is 3.34. The molecule has 2 rings (SSSR count). The van der Waals surface area contributed by atoms with Gasteiger partial charge >= 0.3 is 5.97 Å². The van der Waals surface area contributed by atoms with Crippen molar-refractivity contribution in [2.75, 3.05) is 0 Å². The Morgan fingerprint density at radius 3 is 2.88 bits per heavy atom. The molecular formula is C13H7NO3. The Balaban J connectivity index is 2.71. The first-order valence-electron chi connectivity index (χ1n) is 4.80.